The molecule has 1 N–H and O–H groups in total. The Labute approximate surface area is 156 Å². The second-order valence-corrected chi connectivity index (χ2v) is 6.97. The van der Waals surface area contributed by atoms with E-state index in [0.717, 1.165) is 26.2 Å². The highest BCUT2D eigenvalue weighted by Gasteiger charge is 2.25. The van der Waals surface area contributed by atoms with E-state index >= 15 is 0 Å². The summed E-state index contributed by atoms with van der Waals surface area (Å²) in [7, 11) is 0. The number of aryl methyl sites for hydroxylation is 1. The van der Waals surface area contributed by atoms with Gasteiger partial charge in [0.25, 0.3) is 0 Å². The Morgan fingerprint density at radius 1 is 1.00 bits per heavy atom. The Balaban J connectivity index is 1.74. The van der Waals surface area contributed by atoms with Gasteiger partial charge in [0.05, 0.1) is 6.61 Å². The van der Waals surface area contributed by atoms with Crippen molar-refractivity contribution in [1.82, 2.24) is 9.80 Å². The molecule has 0 aliphatic carbocycles. The van der Waals surface area contributed by atoms with Crippen LogP contribution in [-0.2, 0) is 4.79 Å². The summed E-state index contributed by atoms with van der Waals surface area (Å²) < 4.78 is 0. The van der Waals surface area contributed by atoms with Crippen molar-refractivity contribution in [2.75, 3.05) is 39.3 Å². The van der Waals surface area contributed by atoms with E-state index in [1.165, 1.54) is 16.7 Å². The smallest absolute Gasteiger partial charge is 0.223 e. The highest BCUT2D eigenvalue weighted by Crippen LogP contribution is 2.31. The number of hydrogen-bond acceptors (Lipinski definition) is 3. The van der Waals surface area contributed by atoms with Gasteiger partial charge in [-0.1, -0.05) is 54.6 Å². The summed E-state index contributed by atoms with van der Waals surface area (Å²) >= 11 is 0. The first-order chi connectivity index (χ1) is 12.7. The third kappa shape index (κ3) is 4.51. The number of aliphatic hydroxyl groups is 1. The Kier molecular flexibility index (Phi) is 6.42. The number of aliphatic hydroxyl groups excluding tert-OH is 1. The van der Waals surface area contributed by atoms with Crippen molar-refractivity contribution >= 4 is 5.91 Å². The number of nitrogens with zero attached hydrogens (tertiary/aromatic N) is 2. The third-order valence-electron chi connectivity index (χ3n) is 5.29. The average molecular weight is 352 g/mol. The molecule has 1 aliphatic heterocycles. The molecule has 0 spiro atoms. The molecule has 2 aromatic carbocycles. The molecule has 1 amide bonds. The summed E-state index contributed by atoms with van der Waals surface area (Å²) in [6.07, 6.45) is 0.495. The normalized spacial score (nSPS) is 16.5. The van der Waals surface area contributed by atoms with Crippen LogP contribution in [0.4, 0.5) is 0 Å². The van der Waals surface area contributed by atoms with E-state index in [9.17, 15) is 4.79 Å². The van der Waals surface area contributed by atoms with Gasteiger partial charge in [-0.05, 0) is 23.6 Å². The van der Waals surface area contributed by atoms with E-state index in [4.69, 9.17) is 5.11 Å². The first-order valence-corrected chi connectivity index (χ1v) is 9.40. The second kappa shape index (κ2) is 8.97. The third-order valence-corrected chi connectivity index (χ3v) is 5.29. The van der Waals surface area contributed by atoms with Crippen molar-refractivity contribution in [1.29, 1.82) is 0 Å². The van der Waals surface area contributed by atoms with E-state index in [1.807, 2.05) is 29.2 Å². The molecule has 0 aromatic heterocycles. The van der Waals surface area contributed by atoms with Crippen LogP contribution in [0.25, 0.3) is 0 Å². The maximum Gasteiger partial charge on any atom is 0.223 e. The molecule has 4 nitrogen and oxygen atoms in total. The molecule has 0 unspecified atom stereocenters. The van der Waals surface area contributed by atoms with Crippen molar-refractivity contribution in [3.63, 3.8) is 0 Å². The predicted octanol–water partition coefficient (Wildman–Crippen LogP) is 2.65. The van der Waals surface area contributed by atoms with Gasteiger partial charge >= 0.3 is 0 Å². The van der Waals surface area contributed by atoms with E-state index in [1.54, 1.807) is 0 Å². The fourth-order valence-corrected chi connectivity index (χ4v) is 3.74. The Morgan fingerprint density at radius 3 is 2.31 bits per heavy atom. The van der Waals surface area contributed by atoms with Gasteiger partial charge in [0.15, 0.2) is 0 Å². The SMILES string of the molecule is Cc1ccccc1[C@H](CC(=O)N1CCN(CCO)CC1)c1ccccc1. The van der Waals surface area contributed by atoms with Gasteiger partial charge in [-0.25, -0.2) is 0 Å². The molecule has 0 saturated carbocycles. The van der Waals surface area contributed by atoms with Crippen LogP contribution in [0.1, 0.15) is 29.0 Å². The number of benzene rings is 2. The molecule has 4 heteroatoms. The fraction of sp³-hybridized carbons (Fsp3) is 0.409. The van der Waals surface area contributed by atoms with Crippen LogP contribution in [0.5, 0.6) is 0 Å². The number of β-amino-alcohol motifs (C(OH)–C–C–N with tert-alkyl or cyclic N) is 1. The molecule has 0 bridgehead atoms. The van der Waals surface area contributed by atoms with Crippen molar-refractivity contribution in [2.45, 2.75) is 19.3 Å². The molecule has 1 aliphatic rings. The van der Waals surface area contributed by atoms with Crippen LogP contribution >= 0.6 is 0 Å². The van der Waals surface area contributed by atoms with E-state index < -0.39 is 0 Å². The molecule has 1 atom stereocenters. The summed E-state index contributed by atoms with van der Waals surface area (Å²) in [5.74, 6) is 0.297. The molecule has 1 saturated heterocycles. The van der Waals surface area contributed by atoms with Gasteiger partial charge in [-0.2, -0.15) is 0 Å². The van der Waals surface area contributed by atoms with Crippen LogP contribution < -0.4 is 0 Å². The monoisotopic (exact) mass is 352 g/mol. The lowest BCUT2D eigenvalue weighted by Crippen LogP contribution is -2.49. The van der Waals surface area contributed by atoms with Gasteiger partial charge in [0.2, 0.25) is 5.91 Å². The lowest BCUT2D eigenvalue weighted by molar-refractivity contribution is -0.133. The minimum atomic E-state index is 0.0837. The summed E-state index contributed by atoms with van der Waals surface area (Å²) in [4.78, 5) is 17.2. The zero-order valence-electron chi connectivity index (χ0n) is 15.5. The van der Waals surface area contributed by atoms with Gasteiger partial charge in [0.1, 0.15) is 0 Å². The number of piperazine rings is 1. The second-order valence-electron chi connectivity index (χ2n) is 6.97. The summed E-state index contributed by atoms with van der Waals surface area (Å²) in [5.41, 5.74) is 3.64. The molecule has 1 fully saturated rings. The number of rotatable bonds is 6. The zero-order valence-corrected chi connectivity index (χ0v) is 15.5. The minimum Gasteiger partial charge on any atom is -0.395 e. The van der Waals surface area contributed by atoms with E-state index in [0.29, 0.717) is 13.0 Å². The number of amides is 1. The molecule has 1 heterocycles. The standard InChI is InChI=1S/C22H28N2O2/c1-18-7-5-6-10-20(18)21(19-8-3-2-4-9-19)17-22(26)24-13-11-23(12-14-24)15-16-25/h2-10,21,25H,11-17H2,1H3/t21-/m1/s1. The lowest BCUT2D eigenvalue weighted by Gasteiger charge is -2.35. The largest absolute Gasteiger partial charge is 0.395 e. The highest BCUT2D eigenvalue weighted by molar-refractivity contribution is 5.78. The average Bonchev–Trinajstić information content (AvgIpc) is 2.68. The van der Waals surface area contributed by atoms with Crippen LogP contribution in [0.15, 0.2) is 54.6 Å². The number of hydrogen-bond donors (Lipinski definition) is 1. The topological polar surface area (TPSA) is 43.8 Å². The van der Waals surface area contributed by atoms with Crippen molar-refractivity contribution < 1.29 is 9.90 Å². The van der Waals surface area contributed by atoms with Crippen LogP contribution in [0, 0.1) is 6.92 Å². The maximum absolute atomic E-state index is 13.0. The lowest BCUT2D eigenvalue weighted by atomic mass is 9.85. The van der Waals surface area contributed by atoms with Crippen molar-refractivity contribution in [3.8, 4) is 0 Å². The maximum atomic E-state index is 13.0. The van der Waals surface area contributed by atoms with Crippen LogP contribution in [0.3, 0.4) is 0 Å². The predicted molar refractivity (Wildman–Crippen MR) is 104 cm³/mol. The molecular formula is C22H28N2O2. The Hall–Kier alpha value is -2.17. The molecule has 0 radical (unpaired) electrons. The Morgan fingerprint density at radius 2 is 1.65 bits per heavy atom. The Bertz CT molecular complexity index is 709. The molecule has 138 valence electrons. The minimum absolute atomic E-state index is 0.0837. The molecule has 2 aromatic rings. The molecular weight excluding hydrogens is 324 g/mol. The molecule has 26 heavy (non-hydrogen) atoms. The zero-order chi connectivity index (χ0) is 18.4. The van der Waals surface area contributed by atoms with Gasteiger partial charge < -0.3 is 10.0 Å². The summed E-state index contributed by atoms with van der Waals surface area (Å²) in [5, 5.41) is 9.07. The first-order valence-electron chi connectivity index (χ1n) is 9.40. The van der Waals surface area contributed by atoms with E-state index in [2.05, 4.69) is 42.2 Å². The summed E-state index contributed by atoms with van der Waals surface area (Å²) in [6.45, 7) is 6.15. The van der Waals surface area contributed by atoms with Crippen LogP contribution in [-0.4, -0.2) is 60.1 Å². The quantitative estimate of drug-likeness (QED) is 0.869. The fourth-order valence-electron chi connectivity index (χ4n) is 3.74. The van der Waals surface area contributed by atoms with Crippen molar-refractivity contribution in [2.24, 2.45) is 0 Å². The van der Waals surface area contributed by atoms with Crippen LogP contribution in [0.2, 0.25) is 0 Å². The first kappa shape index (κ1) is 18.6. The molecule has 3 rings (SSSR count). The number of carbonyl (C=O) groups is 1. The van der Waals surface area contributed by atoms with Gasteiger partial charge in [-0.3, -0.25) is 9.69 Å². The van der Waals surface area contributed by atoms with E-state index in [-0.39, 0.29) is 18.4 Å². The van der Waals surface area contributed by atoms with Gasteiger partial charge in [0, 0.05) is 45.1 Å². The van der Waals surface area contributed by atoms with Gasteiger partial charge in [-0.15, -0.1) is 0 Å². The highest BCUT2D eigenvalue weighted by atomic mass is 16.3. The summed E-state index contributed by atoms with van der Waals surface area (Å²) in [6, 6.07) is 18.7. The van der Waals surface area contributed by atoms with Crippen molar-refractivity contribution in [3.05, 3.63) is 71.3 Å². The number of carbonyl (C=O) groups excluding carboxylic acids is 1.